The van der Waals surface area contributed by atoms with Crippen molar-refractivity contribution < 1.29 is 5.11 Å². The van der Waals surface area contributed by atoms with E-state index in [1.54, 1.807) is 11.8 Å². The van der Waals surface area contributed by atoms with Crippen molar-refractivity contribution in [2.24, 2.45) is 0 Å². The first kappa shape index (κ1) is 11.9. The third-order valence-electron chi connectivity index (χ3n) is 1.62. The SMILES string of the molecule is CC(C)(C)Sc1ccc(CO)c(Cl)c1. The molecule has 0 heterocycles. The number of halogens is 1. The van der Waals surface area contributed by atoms with Crippen LogP contribution in [0.4, 0.5) is 0 Å². The van der Waals surface area contributed by atoms with Crippen LogP contribution in [0, 0.1) is 0 Å². The van der Waals surface area contributed by atoms with Crippen molar-refractivity contribution in [3.05, 3.63) is 28.8 Å². The smallest absolute Gasteiger partial charge is 0.0696 e. The lowest BCUT2D eigenvalue weighted by Gasteiger charge is -2.17. The van der Waals surface area contributed by atoms with E-state index in [0.717, 1.165) is 10.5 Å². The van der Waals surface area contributed by atoms with Crippen molar-refractivity contribution in [3.63, 3.8) is 0 Å². The van der Waals surface area contributed by atoms with E-state index in [9.17, 15) is 0 Å². The second kappa shape index (κ2) is 4.56. The molecule has 0 spiro atoms. The first-order valence-electron chi connectivity index (χ1n) is 4.51. The molecule has 0 aliphatic carbocycles. The molecule has 0 aliphatic rings. The van der Waals surface area contributed by atoms with E-state index < -0.39 is 0 Å². The lowest BCUT2D eigenvalue weighted by Crippen LogP contribution is -2.06. The highest BCUT2D eigenvalue weighted by Crippen LogP contribution is 2.33. The van der Waals surface area contributed by atoms with Crippen LogP contribution in [0.3, 0.4) is 0 Å². The monoisotopic (exact) mass is 230 g/mol. The molecular formula is C11H15ClOS. The van der Waals surface area contributed by atoms with Crippen LogP contribution in [0.15, 0.2) is 23.1 Å². The third-order valence-corrected chi connectivity index (χ3v) is 3.07. The number of aliphatic hydroxyl groups is 1. The lowest BCUT2D eigenvalue weighted by molar-refractivity contribution is 0.282. The highest BCUT2D eigenvalue weighted by atomic mass is 35.5. The summed E-state index contributed by atoms with van der Waals surface area (Å²) >= 11 is 7.75. The zero-order chi connectivity index (χ0) is 10.8. The third kappa shape index (κ3) is 3.52. The van der Waals surface area contributed by atoms with Crippen LogP contribution >= 0.6 is 23.4 Å². The Morgan fingerprint density at radius 3 is 2.43 bits per heavy atom. The summed E-state index contributed by atoms with van der Waals surface area (Å²) < 4.78 is 0.185. The van der Waals surface area contributed by atoms with Crippen LogP contribution in [-0.4, -0.2) is 9.85 Å². The quantitative estimate of drug-likeness (QED) is 0.782. The molecule has 0 radical (unpaired) electrons. The molecule has 1 aromatic rings. The second-order valence-corrected chi connectivity index (χ2v) is 6.43. The minimum atomic E-state index is -0.000697. The molecule has 0 fully saturated rings. The molecule has 0 aliphatic heterocycles. The van der Waals surface area contributed by atoms with Gasteiger partial charge in [-0.25, -0.2) is 0 Å². The van der Waals surface area contributed by atoms with Crippen LogP contribution in [0.25, 0.3) is 0 Å². The van der Waals surface area contributed by atoms with E-state index in [2.05, 4.69) is 20.8 Å². The van der Waals surface area contributed by atoms with Gasteiger partial charge in [-0.3, -0.25) is 0 Å². The van der Waals surface area contributed by atoms with E-state index >= 15 is 0 Å². The average molecular weight is 231 g/mol. The summed E-state index contributed by atoms with van der Waals surface area (Å²) in [6, 6.07) is 5.77. The molecule has 0 saturated carbocycles. The highest BCUT2D eigenvalue weighted by Gasteiger charge is 2.12. The first-order valence-corrected chi connectivity index (χ1v) is 5.70. The Morgan fingerprint density at radius 2 is 2.00 bits per heavy atom. The van der Waals surface area contributed by atoms with Gasteiger partial charge in [-0.15, -0.1) is 11.8 Å². The van der Waals surface area contributed by atoms with Crippen molar-refractivity contribution in [2.45, 2.75) is 37.0 Å². The maximum absolute atomic E-state index is 8.95. The predicted octanol–water partition coefficient (Wildman–Crippen LogP) is 3.72. The van der Waals surface area contributed by atoms with Crippen LogP contribution in [0.5, 0.6) is 0 Å². The molecule has 0 atom stereocenters. The Balaban J connectivity index is 2.87. The van der Waals surface area contributed by atoms with E-state index in [-0.39, 0.29) is 11.4 Å². The fourth-order valence-electron chi connectivity index (χ4n) is 1.07. The van der Waals surface area contributed by atoms with Gasteiger partial charge in [-0.1, -0.05) is 38.4 Å². The van der Waals surface area contributed by atoms with Gasteiger partial charge in [-0.05, 0) is 17.7 Å². The molecule has 0 bridgehead atoms. The summed E-state index contributed by atoms with van der Waals surface area (Å²) in [7, 11) is 0. The molecule has 0 unspecified atom stereocenters. The van der Waals surface area contributed by atoms with Crippen molar-refractivity contribution >= 4 is 23.4 Å². The fourth-order valence-corrected chi connectivity index (χ4v) is 2.40. The highest BCUT2D eigenvalue weighted by molar-refractivity contribution is 8.00. The van der Waals surface area contributed by atoms with Crippen molar-refractivity contribution in [2.75, 3.05) is 0 Å². The lowest BCUT2D eigenvalue weighted by atomic mass is 10.2. The summed E-state index contributed by atoms with van der Waals surface area (Å²) in [5.74, 6) is 0. The number of hydrogen-bond acceptors (Lipinski definition) is 2. The molecule has 1 aromatic carbocycles. The molecule has 78 valence electrons. The van der Waals surface area contributed by atoms with E-state index in [1.165, 1.54) is 0 Å². The van der Waals surface area contributed by atoms with E-state index in [0.29, 0.717) is 5.02 Å². The Labute approximate surface area is 94.5 Å². The van der Waals surface area contributed by atoms with Crippen molar-refractivity contribution in [3.8, 4) is 0 Å². The Kier molecular flexibility index (Phi) is 3.87. The number of aliphatic hydroxyl groups excluding tert-OH is 1. The van der Waals surface area contributed by atoms with Crippen LogP contribution in [0.1, 0.15) is 26.3 Å². The predicted molar refractivity (Wildman–Crippen MR) is 63.0 cm³/mol. The number of hydrogen-bond donors (Lipinski definition) is 1. The molecular weight excluding hydrogens is 216 g/mol. The number of rotatable bonds is 2. The van der Waals surface area contributed by atoms with Gasteiger partial charge >= 0.3 is 0 Å². The molecule has 3 heteroatoms. The molecule has 0 aromatic heterocycles. The second-order valence-electron chi connectivity index (χ2n) is 4.13. The Morgan fingerprint density at radius 1 is 1.36 bits per heavy atom. The van der Waals surface area contributed by atoms with Crippen molar-refractivity contribution in [1.29, 1.82) is 0 Å². The van der Waals surface area contributed by atoms with Crippen LogP contribution in [-0.2, 0) is 6.61 Å². The summed E-state index contributed by atoms with van der Waals surface area (Å²) in [5.41, 5.74) is 0.782. The minimum Gasteiger partial charge on any atom is -0.392 e. The maximum Gasteiger partial charge on any atom is 0.0696 e. The summed E-state index contributed by atoms with van der Waals surface area (Å²) in [6.45, 7) is 6.47. The van der Waals surface area contributed by atoms with Crippen LogP contribution < -0.4 is 0 Å². The van der Waals surface area contributed by atoms with Crippen LogP contribution in [0.2, 0.25) is 5.02 Å². The van der Waals surface area contributed by atoms with Gasteiger partial charge in [0.1, 0.15) is 0 Å². The zero-order valence-corrected chi connectivity index (χ0v) is 10.2. The Hall–Kier alpha value is -0.180. The first-order chi connectivity index (χ1) is 6.42. The molecule has 14 heavy (non-hydrogen) atoms. The zero-order valence-electron chi connectivity index (χ0n) is 8.67. The Bertz CT molecular complexity index is 318. The molecule has 1 rings (SSSR count). The van der Waals surface area contributed by atoms with Gasteiger partial charge in [0.2, 0.25) is 0 Å². The standard InChI is InChI=1S/C11H15ClOS/c1-11(2,3)14-9-5-4-8(7-13)10(12)6-9/h4-6,13H,7H2,1-3H3. The van der Waals surface area contributed by atoms with Gasteiger partial charge in [0, 0.05) is 14.7 Å². The van der Waals surface area contributed by atoms with Gasteiger partial charge in [0.25, 0.3) is 0 Å². The molecule has 1 N–H and O–H groups in total. The number of benzene rings is 1. The normalized spacial score (nSPS) is 11.8. The largest absolute Gasteiger partial charge is 0.392 e. The number of thioether (sulfide) groups is 1. The molecule has 0 saturated heterocycles. The van der Waals surface area contributed by atoms with Gasteiger partial charge in [0.15, 0.2) is 0 Å². The van der Waals surface area contributed by atoms with Gasteiger partial charge in [0.05, 0.1) is 6.61 Å². The molecule has 1 nitrogen and oxygen atoms in total. The van der Waals surface area contributed by atoms with Gasteiger partial charge in [-0.2, -0.15) is 0 Å². The fraction of sp³-hybridized carbons (Fsp3) is 0.455. The topological polar surface area (TPSA) is 20.2 Å². The van der Waals surface area contributed by atoms with E-state index in [1.807, 2.05) is 18.2 Å². The summed E-state index contributed by atoms with van der Waals surface area (Å²) in [5, 5.41) is 9.59. The van der Waals surface area contributed by atoms with Gasteiger partial charge < -0.3 is 5.11 Å². The summed E-state index contributed by atoms with van der Waals surface area (Å²) in [4.78, 5) is 1.14. The molecule has 0 amide bonds. The van der Waals surface area contributed by atoms with Crippen molar-refractivity contribution in [1.82, 2.24) is 0 Å². The average Bonchev–Trinajstić information content (AvgIpc) is 2.01. The maximum atomic E-state index is 8.95. The minimum absolute atomic E-state index is 0.000697. The van der Waals surface area contributed by atoms with E-state index in [4.69, 9.17) is 16.7 Å². The summed E-state index contributed by atoms with van der Waals surface area (Å²) in [6.07, 6.45) is 0.